The third-order valence-electron chi connectivity index (χ3n) is 4.54. The monoisotopic (exact) mass is 409 g/mol. The highest BCUT2D eigenvalue weighted by atomic mass is 16.6. The minimum atomic E-state index is -0.535. The van der Waals surface area contributed by atoms with E-state index in [0.717, 1.165) is 5.56 Å². The summed E-state index contributed by atoms with van der Waals surface area (Å²) < 4.78 is 6.64. The number of anilines is 1. The molecular weight excluding hydrogens is 386 g/mol. The number of ether oxygens (including phenoxy) is 1. The third kappa shape index (κ3) is 4.17. The Morgan fingerprint density at radius 1 is 1.27 bits per heavy atom. The van der Waals surface area contributed by atoms with Crippen LogP contribution in [0.5, 0.6) is 0 Å². The number of aromatic nitrogens is 5. The first-order valence-corrected chi connectivity index (χ1v) is 9.58. The molecule has 4 heterocycles. The number of carbonyl (C=O) groups excluding carboxylic acids is 1. The molecule has 3 aromatic heterocycles. The van der Waals surface area contributed by atoms with E-state index in [9.17, 15) is 9.59 Å². The van der Waals surface area contributed by atoms with Crippen molar-refractivity contribution in [2.24, 2.45) is 0 Å². The largest absolute Gasteiger partial charge is 0.444 e. The fourth-order valence-electron chi connectivity index (χ4n) is 3.13. The van der Waals surface area contributed by atoms with Gasteiger partial charge in [-0.1, -0.05) is 6.07 Å². The van der Waals surface area contributed by atoms with Crippen molar-refractivity contribution >= 4 is 11.9 Å². The number of H-pyrrole nitrogens is 1. The Hall–Kier alpha value is -3.69. The van der Waals surface area contributed by atoms with E-state index in [1.165, 1.54) is 11.0 Å². The molecule has 0 radical (unpaired) electrons. The van der Waals surface area contributed by atoms with Gasteiger partial charge < -0.3 is 15.0 Å². The van der Waals surface area contributed by atoms with Crippen LogP contribution in [-0.4, -0.2) is 55.6 Å². The molecule has 2 N–H and O–H groups in total. The van der Waals surface area contributed by atoms with Crippen molar-refractivity contribution in [3.63, 3.8) is 0 Å². The molecule has 156 valence electrons. The van der Waals surface area contributed by atoms with Crippen LogP contribution in [0.3, 0.4) is 0 Å². The normalized spacial score (nSPS) is 14.3. The van der Waals surface area contributed by atoms with Crippen molar-refractivity contribution in [2.45, 2.75) is 32.4 Å². The Bertz CT molecular complexity index is 1100. The summed E-state index contributed by atoms with van der Waals surface area (Å²) in [6, 6.07) is 5.31. The van der Waals surface area contributed by atoms with Crippen molar-refractivity contribution in [2.75, 3.05) is 18.0 Å². The zero-order chi connectivity index (χ0) is 21.3. The molecule has 0 unspecified atom stereocenters. The molecule has 1 amide bonds. The molecule has 1 aliphatic rings. The molecule has 0 atom stereocenters. The van der Waals surface area contributed by atoms with Gasteiger partial charge in [-0.2, -0.15) is 0 Å². The summed E-state index contributed by atoms with van der Waals surface area (Å²) in [4.78, 5) is 39.2. The molecule has 10 heteroatoms. The Balaban J connectivity index is 1.45. The molecule has 0 spiro atoms. The number of alkyl carbamates (subject to hydrolysis) is 1. The second-order valence-electron chi connectivity index (χ2n) is 8.05. The SMILES string of the molecule is CC(C)(C)OC(=O)NC1CN(c2cc(-n3[nH]cc(-c4cccnc4)c3=O)ncn2)C1. The van der Waals surface area contributed by atoms with Crippen LogP contribution in [0.4, 0.5) is 10.6 Å². The number of pyridine rings is 1. The van der Waals surface area contributed by atoms with Gasteiger partial charge in [0.1, 0.15) is 17.7 Å². The molecule has 30 heavy (non-hydrogen) atoms. The molecule has 1 saturated heterocycles. The summed E-state index contributed by atoms with van der Waals surface area (Å²) in [5.74, 6) is 1.11. The molecule has 1 fully saturated rings. The van der Waals surface area contributed by atoms with Crippen LogP contribution in [0.25, 0.3) is 16.9 Å². The predicted octanol–water partition coefficient (Wildman–Crippen LogP) is 1.73. The second kappa shape index (κ2) is 7.62. The zero-order valence-corrected chi connectivity index (χ0v) is 17.0. The zero-order valence-electron chi connectivity index (χ0n) is 17.0. The lowest BCUT2D eigenvalue weighted by molar-refractivity contribution is 0.0496. The van der Waals surface area contributed by atoms with Gasteiger partial charge in [0.25, 0.3) is 5.56 Å². The first-order valence-electron chi connectivity index (χ1n) is 9.58. The summed E-state index contributed by atoms with van der Waals surface area (Å²) in [6.07, 6.45) is 5.90. The second-order valence-corrected chi connectivity index (χ2v) is 8.05. The molecule has 0 saturated carbocycles. The Morgan fingerprint density at radius 2 is 2.03 bits per heavy atom. The number of rotatable bonds is 4. The predicted molar refractivity (Wildman–Crippen MR) is 111 cm³/mol. The molecule has 4 rings (SSSR count). The standard InChI is InChI=1S/C20H23N7O3/c1-20(2,3)30-19(29)25-14-10-26(11-14)16-7-17(23-12-22-16)27-18(28)15(9-24-27)13-5-4-6-21-8-13/h4-9,12,14,24H,10-11H2,1-3H3,(H,25,29). The highest BCUT2D eigenvalue weighted by Gasteiger charge is 2.31. The quantitative estimate of drug-likeness (QED) is 0.674. The molecule has 10 nitrogen and oxygen atoms in total. The molecule has 1 aliphatic heterocycles. The lowest BCUT2D eigenvalue weighted by Crippen LogP contribution is -2.60. The highest BCUT2D eigenvalue weighted by Crippen LogP contribution is 2.20. The van der Waals surface area contributed by atoms with E-state index in [0.29, 0.717) is 30.3 Å². The Morgan fingerprint density at radius 3 is 2.73 bits per heavy atom. The maximum absolute atomic E-state index is 12.8. The highest BCUT2D eigenvalue weighted by molar-refractivity contribution is 5.69. The summed E-state index contributed by atoms with van der Waals surface area (Å²) in [5.41, 5.74) is 0.479. The maximum atomic E-state index is 12.8. The third-order valence-corrected chi connectivity index (χ3v) is 4.54. The Labute approximate surface area is 172 Å². The van der Waals surface area contributed by atoms with Crippen LogP contribution in [0.15, 0.2) is 47.9 Å². The number of amides is 1. The maximum Gasteiger partial charge on any atom is 0.407 e. The smallest absolute Gasteiger partial charge is 0.407 e. The minimum absolute atomic E-state index is 0.0244. The van der Waals surface area contributed by atoms with Crippen molar-refractivity contribution in [3.8, 4) is 16.9 Å². The van der Waals surface area contributed by atoms with Crippen LogP contribution in [-0.2, 0) is 4.74 Å². The lowest BCUT2D eigenvalue weighted by atomic mass is 10.1. The van der Waals surface area contributed by atoms with E-state index < -0.39 is 11.7 Å². The van der Waals surface area contributed by atoms with Gasteiger partial charge in [0.15, 0.2) is 5.82 Å². The first kappa shape index (κ1) is 19.6. The minimum Gasteiger partial charge on any atom is -0.444 e. The number of aromatic amines is 1. The van der Waals surface area contributed by atoms with Crippen molar-refractivity contribution in [3.05, 3.63) is 53.5 Å². The number of nitrogens with zero attached hydrogens (tertiary/aromatic N) is 5. The molecule has 0 aromatic carbocycles. The van der Waals surface area contributed by atoms with Gasteiger partial charge in [0.2, 0.25) is 0 Å². The van der Waals surface area contributed by atoms with Crippen molar-refractivity contribution in [1.82, 2.24) is 30.0 Å². The van der Waals surface area contributed by atoms with Gasteiger partial charge in [0.05, 0.1) is 11.6 Å². The van der Waals surface area contributed by atoms with E-state index in [-0.39, 0.29) is 11.6 Å². The van der Waals surface area contributed by atoms with Gasteiger partial charge in [0, 0.05) is 43.3 Å². The van der Waals surface area contributed by atoms with E-state index in [4.69, 9.17) is 4.74 Å². The number of hydrogen-bond acceptors (Lipinski definition) is 7. The summed E-state index contributed by atoms with van der Waals surface area (Å²) in [5, 5.41) is 5.78. The van der Waals surface area contributed by atoms with Crippen LogP contribution in [0.1, 0.15) is 20.8 Å². The fourth-order valence-corrected chi connectivity index (χ4v) is 3.13. The fraction of sp³-hybridized carbons (Fsp3) is 0.350. The average Bonchev–Trinajstić information content (AvgIpc) is 3.05. The van der Waals surface area contributed by atoms with Gasteiger partial charge in [-0.25, -0.2) is 19.4 Å². The molecular formula is C20H23N7O3. The topological polar surface area (TPSA) is 118 Å². The van der Waals surface area contributed by atoms with Crippen molar-refractivity contribution in [1.29, 1.82) is 0 Å². The van der Waals surface area contributed by atoms with Gasteiger partial charge in [-0.15, -0.1) is 0 Å². The molecule has 0 aliphatic carbocycles. The van der Waals surface area contributed by atoms with E-state index in [1.807, 2.05) is 31.7 Å². The van der Waals surface area contributed by atoms with E-state index in [1.54, 1.807) is 30.7 Å². The summed E-state index contributed by atoms with van der Waals surface area (Å²) in [6.45, 7) is 6.66. The number of carbonyl (C=O) groups is 1. The summed E-state index contributed by atoms with van der Waals surface area (Å²) in [7, 11) is 0. The van der Waals surface area contributed by atoms with Crippen LogP contribution in [0, 0.1) is 0 Å². The van der Waals surface area contributed by atoms with Gasteiger partial charge >= 0.3 is 6.09 Å². The Kier molecular flexibility index (Phi) is 4.98. The summed E-state index contributed by atoms with van der Waals surface area (Å²) >= 11 is 0. The average molecular weight is 409 g/mol. The number of hydrogen-bond donors (Lipinski definition) is 2. The van der Waals surface area contributed by atoms with E-state index in [2.05, 4.69) is 25.4 Å². The molecule has 0 bridgehead atoms. The molecule has 3 aromatic rings. The van der Waals surface area contributed by atoms with Crippen LogP contribution < -0.4 is 15.8 Å². The van der Waals surface area contributed by atoms with Crippen LogP contribution in [0.2, 0.25) is 0 Å². The lowest BCUT2D eigenvalue weighted by Gasteiger charge is -2.40. The van der Waals surface area contributed by atoms with E-state index >= 15 is 0 Å². The van der Waals surface area contributed by atoms with Crippen LogP contribution >= 0.6 is 0 Å². The number of nitrogens with one attached hydrogen (secondary N) is 2. The first-order chi connectivity index (χ1) is 14.3. The van der Waals surface area contributed by atoms with Gasteiger partial charge in [-0.05, 0) is 26.8 Å². The van der Waals surface area contributed by atoms with Crippen molar-refractivity contribution < 1.29 is 9.53 Å². The van der Waals surface area contributed by atoms with Gasteiger partial charge in [-0.3, -0.25) is 14.9 Å².